The molecule has 3 aliphatic rings. The molecule has 6 nitrogen and oxygen atoms in total. The van der Waals surface area contributed by atoms with E-state index in [1.807, 2.05) is 4.90 Å². The normalized spacial score (nSPS) is 19.8. The summed E-state index contributed by atoms with van der Waals surface area (Å²) < 4.78 is 2.28. The lowest BCUT2D eigenvalue weighted by Crippen LogP contribution is -2.38. The second-order valence-corrected chi connectivity index (χ2v) is 8.42. The molecule has 2 aromatic heterocycles. The Labute approximate surface area is 163 Å². The third-order valence-electron chi connectivity index (χ3n) is 5.76. The van der Waals surface area contributed by atoms with Crippen LogP contribution in [0.1, 0.15) is 56.9 Å². The summed E-state index contributed by atoms with van der Waals surface area (Å²) in [5, 5.41) is 12.1. The van der Waals surface area contributed by atoms with E-state index in [1.54, 1.807) is 11.3 Å². The van der Waals surface area contributed by atoms with Crippen molar-refractivity contribution in [2.75, 3.05) is 19.6 Å². The van der Waals surface area contributed by atoms with Gasteiger partial charge >= 0.3 is 0 Å². The summed E-state index contributed by atoms with van der Waals surface area (Å²) in [6.45, 7) is 4.41. The van der Waals surface area contributed by atoms with Gasteiger partial charge in [0.2, 0.25) is 0 Å². The lowest BCUT2D eigenvalue weighted by atomic mass is 9.95. The molecule has 1 amide bonds. The van der Waals surface area contributed by atoms with Crippen molar-refractivity contribution in [3.05, 3.63) is 33.0 Å². The van der Waals surface area contributed by atoms with Gasteiger partial charge in [0.1, 0.15) is 11.6 Å². The molecule has 0 bridgehead atoms. The van der Waals surface area contributed by atoms with Gasteiger partial charge in [0.05, 0.1) is 11.4 Å². The fraction of sp³-hybridized carbons (Fsp3) is 0.611. The van der Waals surface area contributed by atoms with Crippen LogP contribution in [0, 0.1) is 0 Å². The summed E-state index contributed by atoms with van der Waals surface area (Å²) in [6.07, 6.45) is 5.53. The highest BCUT2D eigenvalue weighted by Crippen LogP contribution is 2.33. The van der Waals surface area contributed by atoms with E-state index in [0.717, 1.165) is 74.9 Å². The van der Waals surface area contributed by atoms with Crippen LogP contribution in [0.3, 0.4) is 0 Å². The molecule has 1 saturated heterocycles. The average molecular weight is 394 g/mol. The Kier molecular flexibility index (Phi) is 5.03. The number of hydrogen-bond donors (Lipinski definition) is 1. The molecule has 1 fully saturated rings. The summed E-state index contributed by atoms with van der Waals surface area (Å²) in [7, 11) is 0. The van der Waals surface area contributed by atoms with E-state index in [0.29, 0.717) is 5.92 Å². The first-order chi connectivity index (χ1) is 12.3. The summed E-state index contributed by atoms with van der Waals surface area (Å²) in [5.41, 5.74) is 1.41. The van der Waals surface area contributed by atoms with Gasteiger partial charge in [-0.05, 0) is 43.7 Å². The smallest absolute Gasteiger partial charge is 0.263 e. The number of likely N-dealkylation sites (tertiary alicyclic amines) is 1. The van der Waals surface area contributed by atoms with Crippen LogP contribution >= 0.6 is 23.7 Å². The van der Waals surface area contributed by atoms with Gasteiger partial charge in [-0.15, -0.1) is 33.9 Å². The van der Waals surface area contributed by atoms with Crippen molar-refractivity contribution in [1.29, 1.82) is 0 Å². The molecule has 1 N–H and O–H groups in total. The number of carbonyl (C=O) groups is 1. The van der Waals surface area contributed by atoms with Gasteiger partial charge in [-0.1, -0.05) is 0 Å². The van der Waals surface area contributed by atoms with Crippen LogP contribution in [-0.2, 0) is 25.9 Å². The van der Waals surface area contributed by atoms with Gasteiger partial charge in [-0.2, -0.15) is 0 Å². The van der Waals surface area contributed by atoms with Crippen LogP contribution in [0.4, 0.5) is 0 Å². The number of aromatic nitrogens is 3. The van der Waals surface area contributed by atoms with Crippen molar-refractivity contribution in [2.24, 2.45) is 0 Å². The molecule has 1 aliphatic carbocycles. The predicted molar refractivity (Wildman–Crippen MR) is 103 cm³/mol. The van der Waals surface area contributed by atoms with Crippen molar-refractivity contribution < 1.29 is 4.79 Å². The standard InChI is InChI=1S/C18H23N5OS.ClH/c24-18(15-10-13-2-1-3-14(13)25-15)22-7-4-12(5-8-22)17-21-20-16-11-19-6-9-23(16)17;/h10,12,19H,1-9,11H2;1H. The number of rotatable bonds is 2. The molecule has 2 aromatic rings. The van der Waals surface area contributed by atoms with Gasteiger partial charge in [0.25, 0.3) is 5.91 Å². The number of carbonyl (C=O) groups excluding carboxylic acids is 1. The summed E-state index contributed by atoms with van der Waals surface area (Å²) >= 11 is 1.72. The summed E-state index contributed by atoms with van der Waals surface area (Å²) in [6, 6.07) is 2.14. The third kappa shape index (κ3) is 3.06. The monoisotopic (exact) mass is 393 g/mol. The van der Waals surface area contributed by atoms with E-state index in [1.165, 1.54) is 16.9 Å². The number of hydrogen-bond acceptors (Lipinski definition) is 5. The molecule has 26 heavy (non-hydrogen) atoms. The van der Waals surface area contributed by atoms with E-state index in [9.17, 15) is 4.79 Å². The number of nitrogens with one attached hydrogen (secondary N) is 1. The Morgan fingerprint density at radius 2 is 2.04 bits per heavy atom. The van der Waals surface area contributed by atoms with Crippen LogP contribution in [-0.4, -0.2) is 45.2 Å². The van der Waals surface area contributed by atoms with Gasteiger partial charge in [-0.25, -0.2) is 0 Å². The van der Waals surface area contributed by atoms with E-state index < -0.39 is 0 Å². The maximum absolute atomic E-state index is 12.8. The molecule has 2 aliphatic heterocycles. The highest BCUT2D eigenvalue weighted by atomic mass is 35.5. The molecule has 0 spiro atoms. The van der Waals surface area contributed by atoms with E-state index in [-0.39, 0.29) is 18.3 Å². The number of nitrogens with zero attached hydrogens (tertiary/aromatic N) is 4. The fourth-order valence-electron chi connectivity index (χ4n) is 4.35. The highest BCUT2D eigenvalue weighted by Gasteiger charge is 2.30. The summed E-state index contributed by atoms with van der Waals surface area (Å²) in [4.78, 5) is 17.2. The maximum Gasteiger partial charge on any atom is 0.263 e. The zero-order valence-electron chi connectivity index (χ0n) is 14.7. The quantitative estimate of drug-likeness (QED) is 0.850. The van der Waals surface area contributed by atoms with Gasteiger partial charge < -0.3 is 14.8 Å². The van der Waals surface area contributed by atoms with Crippen molar-refractivity contribution in [3.63, 3.8) is 0 Å². The average Bonchev–Trinajstić information content (AvgIpc) is 3.35. The second-order valence-electron chi connectivity index (χ2n) is 7.28. The highest BCUT2D eigenvalue weighted by molar-refractivity contribution is 7.14. The first-order valence-electron chi connectivity index (χ1n) is 9.33. The lowest BCUT2D eigenvalue weighted by Gasteiger charge is -2.32. The molecule has 0 aromatic carbocycles. The van der Waals surface area contributed by atoms with E-state index in [2.05, 4.69) is 26.1 Å². The minimum absolute atomic E-state index is 0. The first-order valence-corrected chi connectivity index (χ1v) is 10.1. The maximum atomic E-state index is 12.8. The molecule has 8 heteroatoms. The third-order valence-corrected chi connectivity index (χ3v) is 6.98. The van der Waals surface area contributed by atoms with E-state index in [4.69, 9.17) is 0 Å². The number of thiophene rings is 1. The van der Waals surface area contributed by atoms with Crippen LogP contribution in [0.2, 0.25) is 0 Å². The zero-order chi connectivity index (χ0) is 16.8. The van der Waals surface area contributed by atoms with Crippen LogP contribution < -0.4 is 5.32 Å². The molecule has 0 unspecified atom stereocenters. The van der Waals surface area contributed by atoms with Crippen molar-refractivity contribution in [2.45, 2.75) is 51.1 Å². The molecule has 4 heterocycles. The zero-order valence-corrected chi connectivity index (χ0v) is 16.4. The molecule has 140 valence electrons. The Hall–Kier alpha value is -1.44. The van der Waals surface area contributed by atoms with E-state index >= 15 is 0 Å². The number of halogens is 1. The van der Waals surface area contributed by atoms with Crippen molar-refractivity contribution in [1.82, 2.24) is 25.0 Å². The Morgan fingerprint density at radius 3 is 2.85 bits per heavy atom. The molecular formula is C18H24ClN5OS. The first kappa shape index (κ1) is 17.9. The summed E-state index contributed by atoms with van der Waals surface area (Å²) in [5.74, 6) is 2.83. The molecule has 0 atom stereocenters. The Balaban J connectivity index is 0.00000168. The number of aryl methyl sites for hydroxylation is 2. The molecule has 5 rings (SSSR count). The van der Waals surface area contributed by atoms with Gasteiger partial charge in [0, 0.05) is 37.0 Å². The lowest BCUT2D eigenvalue weighted by molar-refractivity contribution is 0.0715. The second kappa shape index (κ2) is 7.29. The topological polar surface area (TPSA) is 63.1 Å². The minimum atomic E-state index is 0. The number of fused-ring (bicyclic) bond motifs is 2. The van der Waals surface area contributed by atoms with Crippen LogP contribution in [0.15, 0.2) is 6.07 Å². The minimum Gasteiger partial charge on any atom is -0.338 e. The van der Waals surface area contributed by atoms with Gasteiger partial charge in [-0.3, -0.25) is 4.79 Å². The van der Waals surface area contributed by atoms with Crippen molar-refractivity contribution in [3.8, 4) is 0 Å². The SMILES string of the molecule is Cl.O=C(c1cc2c(s1)CCC2)N1CCC(c2nnc3n2CCNC3)CC1. The van der Waals surface area contributed by atoms with Crippen LogP contribution in [0.5, 0.6) is 0 Å². The van der Waals surface area contributed by atoms with Crippen LogP contribution in [0.25, 0.3) is 0 Å². The largest absolute Gasteiger partial charge is 0.338 e. The van der Waals surface area contributed by atoms with Crippen molar-refractivity contribution >= 4 is 29.7 Å². The molecular weight excluding hydrogens is 370 g/mol. The Morgan fingerprint density at radius 1 is 1.19 bits per heavy atom. The number of piperidine rings is 1. The Bertz CT molecular complexity index is 787. The molecule has 0 saturated carbocycles. The molecule has 0 radical (unpaired) electrons. The predicted octanol–water partition coefficient (Wildman–Crippen LogP) is 2.37. The number of amides is 1. The van der Waals surface area contributed by atoms with Gasteiger partial charge in [0.15, 0.2) is 0 Å². The fourth-order valence-corrected chi connectivity index (χ4v) is 5.57.